The lowest BCUT2D eigenvalue weighted by Gasteiger charge is -2.53. The van der Waals surface area contributed by atoms with Gasteiger partial charge in [0.05, 0.1) is 11.2 Å². The Bertz CT molecular complexity index is 1300. The summed E-state index contributed by atoms with van der Waals surface area (Å²) in [6.07, 6.45) is 3.86. The van der Waals surface area contributed by atoms with Crippen molar-refractivity contribution in [3.8, 4) is 0 Å². The van der Waals surface area contributed by atoms with Crippen molar-refractivity contribution >= 4 is 34.3 Å². The molecule has 1 aliphatic carbocycles. The zero-order valence-corrected chi connectivity index (χ0v) is 22.8. The topological polar surface area (TPSA) is 69.5 Å². The van der Waals surface area contributed by atoms with Crippen LogP contribution in [0.2, 0.25) is 0 Å². The van der Waals surface area contributed by atoms with Gasteiger partial charge in [-0.3, -0.25) is 4.79 Å². The number of nitrogens with one attached hydrogen (secondary N) is 1. The summed E-state index contributed by atoms with van der Waals surface area (Å²) in [5.41, 5.74) is 2.39. The van der Waals surface area contributed by atoms with Crippen molar-refractivity contribution in [2.75, 3.05) is 57.5 Å². The van der Waals surface area contributed by atoms with Gasteiger partial charge < -0.3 is 24.6 Å². The second-order valence-electron chi connectivity index (χ2n) is 11.2. The Kier molecular flexibility index (Phi) is 6.60. The van der Waals surface area contributed by atoms with Crippen molar-refractivity contribution < 1.29 is 9.18 Å². The normalized spacial score (nSPS) is 22.4. The first-order valence-electron chi connectivity index (χ1n) is 13.2. The molecule has 3 aromatic rings. The summed E-state index contributed by atoms with van der Waals surface area (Å²) in [6, 6.07) is 7.10. The van der Waals surface area contributed by atoms with Gasteiger partial charge in [-0.15, -0.1) is 0 Å². The van der Waals surface area contributed by atoms with Crippen LogP contribution < -0.4 is 10.2 Å². The van der Waals surface area contributed by atoms with Crippen LogP contribution in [0, 0.1) is 17.7 Å². The smallest absolute Gasteiger partial charge is 0.270 e. The summed E-state index contributed by atoms with van der Waals surface area (Å²) >= 11 is 0. The van der Waals surface area contributed by atoms with Gasteiger partial charge in [0, 0.05) is 57.5 Å². The number of anilines is 3. The molecule has 1 amide bonds. The van der Waals surface area contributed by atoms with Crippen LogP contribution in [0.15, 0.2) is 30.5 Å². The number of nitrogens with zero attached hydrogens (tertiary/aromatic N) is 6. The molecule has 0 spiro atoms. The highest BCUT2D eigenvalue weighted by Crippen LogP contribution is 2.52. The summed E-state index contributed by atoms with van der Waals surface area (Å²) in [7, 11) is 5.63. The molecule has 2 aromatic heterocycles. The number of likely N-dealkylation sites (N-methyl/N-ethyl adjacent to an activating group) is 1. The molecule has 37 heavy (non-hydrogen) atoms. The predicted molar refractivity (Wildman–Crippen MR) is 146 cm³/mol. The molecule has 1 N–H and O–H groups in total. The first kappa shape index (κ1) is 25.4. The molecule has 5 rings (SSSR count). The van der Waals surface area contributed by atoms with Gasteiger partial charge in [-0.2, -0.15) is 4.98 Å². The highest BCUT2D eigenvalue weighted by molar-refractivity contribution is 5.98. The van der Waals surface area contributed by atoms with Gasteiger partial charge in [0.1, 0.15) is 17.2 Å². The maximum atomic E-state index is 15.1. The third-order valence-corrected chi connectivity index (χ3v) is 8.46. The average Bonchev–Trinajstić information content (AvgIpc) is 3.22. The van der Waals surface area contributed by atoms with Crippen molar-refractivity contribution in [1.29, 1.82) is 0 Å². The molecule has 1 aromatic carbocycles. The molecule has 1 aliphatic heterocycles. The van der Waals surface area contributed by atoms with E-state index < -0.39 is 0 Å². The van der Waals surface area contributed by atoms with Gasteiger partial charge >= 0.3 is 0 Å². The Balaban J connectivity index is 1.51. The highest BCUT2D eigenvalue weighted by atomic mass is 19.1. The second kappa shape index (κ2) is 9.59. The van der Waals surface area contributed by atoms with Crippen molar-refractivity contribution in [3.05, 3.63) is 42.0 Å². The SMILES string of the molecule is CC(C)C1(n2c(C(=O)N(C)C)cc3cnc(Nc4ccc(N5CCN(C)CC5)c(F)c4)nc32)CC[C@H]1C. The van der Waals surface area contributed by atoms with E-state index in [1.54, 1.807) is 25.2 Å². The number of aromatic nitrogens is 3. The lowest BCUT2D eigenvalue weighted by molar-refractivity contribution is 0.00799. The van der Waals surface area contributed by atoms with Crippen LogP contribution in [0.25, 0.3) is 11.0 Å². The first-order valence-corrected chi connectivity index (χ1v) is 13.2. The molecule has 0 radical (unpaired) electrons. The van der Waals surface area contributed by atoms with Crippen molar-refractivity contribution in [3.63, 3.8) is 0 Å². The van der Waals surface area contributed by atoms with Crippen LogP contribution in [-0.4, -0.2) is 77.6 Å². The van der Waals surface area contributed by atoms with E-state index in [9.17, 15) is 4.79 Å². The molecule has 2 aliphatic rings. The molecule has 2 fully saturated rings. The molecule has 2 atom stereocenters. The molecular formula is C28H38FN7O. The van der Waals surface area contributed by atoms with Gasteiger partial charge in [-0.05, 0) is 56.0 Å². The Labute approximate surface area is 218 Å². The largest absolute Gasteiger partial charge is 0.367 e. The Morgan fingerprint density at radius 2 is 1.92 bits per heavy atom. The molecule has 1 unspecified atom stereocenters. The summed E-state index contributed by atoms with van der Waals surface area (Å²) in [5.74, 6) is 0.809. The first-order chi connectivity index (χ1) is 17.6. The van der Waals surface area contributed by atoms with E-state index in [2.05, 4.69) is 52.5 Å². The summed E-state index contributed by atoms with van der Waals surface area (Å²) in [5, 5.41) is 4.02. The molecule has 9 heteroatoms. The third-order valence-electron chi connectivity index (χ3n) is 8.46. The van der Waals surface area contributed by atoms with E-state index in [1.165, 1.54) is 6.07 Å². The fraction of sp³-hybridized carbons (Fsp3) is 0.536. The van der Waals surface area contributed by atoms with E-state index in [-0.39, 0.29) is 17.3 Å². The molecule has 198 valence electrons. The second-order valence-corrected chi connectivity index (χ2v) is 11.2. The third kappa shape index (κ3) is 4.33. The van der Waals surface area contributed by atoms with Gasteiger partial charge in [0.2, 0.25) is 5.95 Å². The van der Waals surface area contributed by atoms with E-state index >= 15 is 4.39 Å². The van der Waals surface area contributed by atoms with Crippen LogP contribution >= 0.6 is 0 Å². The molecule has 1 saturated heterocycles. The van der Waals surface area contributed by atoms with Crippen LogP contribution in [-0.2, 0) is 5.54 Å². The summed E-state index contributed by atoms with van der Waals surface area (Å²) in [6.45, 7) is 10.1. The number of amides is 1. The zero-order chi connectivity index (χ0) is 26.5. The van der Waals surface area contributed by atoms with Gasteiger partial charge in [-0.1, -0.05) is 20.8 Å². The fourth-order valence-electron chi connectivity index (χ4n) is 6.05. The lowest BCUT2D eigenvalue weighted by atomic mass is 9.61. The molecule has 3 heterocycles. The molecule has 8 nitrogen and oxygen atoms in total. The van der Waals surface area contributed by atoms with Gasteiger partial charge in [0.15, 0.2) is 0 Å². The van der Waals surface area contributed by atoms with E-state index in [0.29, 0.717) is 34.9 Å². The minimum atomic E-state index is -0.264. The van der Waals surface area contributed by atoms with Crippen LogP contribution in [0.4, 0.5) is 21.7 Å². The number of piperazine rings is 1. The number of hydrogen-bond acceptors (Lipinski definition) is 6. The Morgan fingerprint density at radius 1 is 1.19 bits per heavy atom. The molecular weight excluding hydrogens is 469 g/mol. The minimum Gasteiger partial charge on any atom is -0.367 e. The maximum absolute atomic E-state index is 15.1. The monoisotopic (exact) mass is 507 g/mol. The van der Waals surface area contributed by atoms with Gasteiger partial charge in [-0.25, -0.2) is 9.37 Å². The Hall–Kier alpha value is -3.20. The highest BCUT2D eigenvalue weighted by Gasteiger charge is 2.50. The number of benzene rings is 1. The predicted octanol–water partition coefficient (Wildman–Crippen LogP) is 4.55. The summed E-state index contributed by atoms with van der Waals surface area (Å²) < 4.78 is 17.2. The quantitative estimate of drug-likeness (QED) is 0.528. The lowest BCUT2D eigenvalue weighted by Crippen LogP contribution is -2.53. The number of halogens is 1. The minimum absolute atomic E-state index is 0.0480. The summed E-state index contributed by atoms with van der Waals surface area (Å²) in [4.78, 5) is 28.6. The molecule has 0 bridgehead atoms. The van der Waals surface area contributed by atoms with Crippen molar-refractivity contribution in [2.24, 2.45) is 11.8 Å². The van der Waals surface area contributed by atoms with Crippen molar-refractivity contribution in [1.82, 2.24) is 24.3 Å². The number of carbonyl (C=O) groups excluding carboxylic acids is 1. The number of carbonyl (C=O) groups is 1. The van der Waals surface area contributed by atoms with Crippen LogP contribution in [0.5, 0.6) is 0 Å². The number of rotatable bonds is 6. The Morgan fingerprint density at radius 3 is 2.49 bits per heavy atom. The zero-order valence-electron chi connectivity index (χ0n) is 22.8. The van der Waals surface area contributed by atoms with E-state index in [4.69, 9.17) is 4.98 Å². The average molecular weight is 508 g/mol. The van der Waals surface area contributed by atoms with Crippen LogP contribution in [0.1, 0.15) is 44.1 Å². The number of hydrogen-bond donors (Lipinski definition) is 1. The number of fused-ring (bicyclic) bond motifs is 1. The standard InChI is InChI=1S/C28H38FN7O/c1-18(2)28(10-9-19(28)3)36-24(26(37)33(4)5)15-20-17-30-27(32-25(20)36)31-21-7-8-23(22(29)16-21)35-13-11-34(6)12-14-35/h7-8,15-19H,9-14H2,1-6H3,(H,30,31,32)/t19-,28?/m1/s1. The molecule has 1 saturated carbocycles. The maximum Gasteiger partial charge on any atom is 0.270 e. The van der Waals surface area contributed by atoms with Crippen LogP contribution in [0.3, 0.4) is 0 Å². The van der Waals surface area contributed by atoms with E-state index in [1.807, 2.05) is 18.2 Å². The van der Waals surface area contributed by atoms with Gasteiger partial charge in [0.25, 0.3) is 5.91 Å². The van der Waals surface area contributed by atoms with E-state index in [0.717, 1.165) is 50.1 Å². The fourth-order valence-corrected chi connectivity index (χ4v) is 6.05. The van der Waals surface area contributed by atoms with Crippen molar-refractivity contribution in [2.45, 2.75) is 39.2 Å².